The normalized spacial score (nSPS) is 18.3. The van der Waals surface area contributed by atoms with Gasteiger partial charge in [0.25, 0.3) is 5.91 Å². The Morgan fingerprint density at radius 3 is 2.75 bits per heavy atom. The quantitative estimate of drug-likeness (QED) is 0.597. The first kappa shape index (κ1) is 22.2. The van der Waals surface area contributed by atoms with Gasteiger partial charge in [-0.15, -0.1) is 0 Å². The molecule has 2 aromatic carbocycles. The average molecular weight is 455 g/mol. The van der Waals surface area contributed by atoms with Crippen molar-refractivity contribution < 1.29 is 18.2 Å². The van der Waals surface area contributed by atoms with Gasteiger partial charge < -0.3 is 14.1 Å². The van der Waals surface area contributed by atoms with Crippen molar-refractivity contribution in [2.24, 2.45) is 5.14 Å². The van der Waals surface area contributed by atoms with E-state index >= 15 is 0 Å². The van der Waals surface area contributed by atoms with Crippen LogP contribution >= 0.6 is 0 Å². The van der Waals surface area contributed by atoms with Crippen LogP contribution in [0.25, 0.3) is 22.1 Å². The summed E-state index contributed by atoms with van der Waals surface area (Å²) in [6.07, 6.45) is 0.757. The molecule has 0 saturated carbocycles. The van der Waals surface area contributed by atoms with Crippen molar-refractivity contribution in [2.75, 3.05) is 13.1 Å². The van der Waals surface area contributed by atoms with Crippen molar-refractivity contribution in [3.05, 3.63) is 64.5 Å². The van der Waals surface area contributed by atoms with Crippen LogP contribution in [0, 0.1) is 6.92 Å². The van der Waals surface area contributed by atoms with E-state index in [0.29, 0.717) is 24.4 Å². The highest BCUT2D eigenvalue weighted by Crippen LogP contribution is 2.31. The number of rotatable bonds is 5. The number of nitrogens with two attached hydrogens (primary N) is 1. The van der Waals surface area contributed by atoms with Crippen LogP contribution in [0.2, 0.25) is 0 Å². The molecule has 1 fully saturated rings. The summed E-state index contributed by atoms with van der Waals surface area (Å²) in [5.74, 6) is 0.245. The second-order valence-electron chi connectivity index (χ2n) is 8.09. The molecule has 32 heavy (non-hydrogen) atoms. The molecule has 168 valence electrons. The van der Waals surface area contributed by atoms with Gasteiger partial charge in [-0.1, -0.05) is 24.3 Å². The molecular weight excluding hydrogens is 428 g/mol. The number of likely N-dealkylation sites (tertiary alicyclic amines) is 1. The maximum Gasteiger partial charge on any atom is 0.336 e. The molecule has 8 heteroatoms. The Kier molecular flexibility index (Phi) is 6.43. The van der Waals surface area contributed by atoms with Crippen molar-refractivity contribution in [1.82, 2.24) is 4.90 Å². The van der Waals surface area contributed by atoms with Crippen molar-refractivity contribution in [1.29, 1.82) is 0 Å². The molecule has 3 unspecified atom stereocenters. The van der Waals surface area contributed by atoms with Crippen molar-refractivity contribution in [2.45, 2.75) is 38.0 Å². The first-order valence-corrected chi connectivity index (χ1v) is 11.9. The predicted octanol–water partition coefficient (Wildman–Crippen LogP) is 3.15. The van der Waals surface area contributed by atoms with Crippen LogP contribution in [0.3, 0.4) is 0 Å². The number of carbonyl (C=O) groups is 1. The van der Waals surface area contributed by atoms with E-state index in [2.05, 4.69) is 0 Å². The molecule has 1 aliphatic rings. The number of aryl methyl sites for hydroxylation is 1. The number of piperidine rings is 1. The maximum absolute atomic E-state index is 12.9. The Bertz CT molecular complexity index is 1240. The van der Waals surface area contributed by atoms with E-state index in [0.717, 1.165) is 34.9 Å². The number of carbonyl (C=O) groups excluding carboxylic acids is 1. The van der Waals surface area contributed by atoms with E-state index in [4.69, 9.17) is 14.3 Å². The molecule has 0 bridgehead atoms. The van der Waals surface area contributed by atoms with Crippen LogP contribution in [0.4, 0.5) is 0 Å². The summed E-state index contributed by atoms with van der Waals surface area (Å²) in [7, 11) is -1.46. The second-order valence-corrected chi connectivity index (χ2v) is 9.41. The Hall–Kier alpha value is -2.97. The maximum atomic E-state index is 12.9. The lowest BCUT2D eigenvalue weighted by Crippen LogP contribution is -2.49. The molecule has 0 spiro atoms. The molecule has 3 atom stereocenters. The lowest BCUT2D eigenvalue weighted by molar-refractivity contribution is -0.138. The summed E-state index contributed by atoms with van der Waals surface area (Å²) >= 11 is 0. The zero-order chi connectivity index (χ0) is 22.8. The van der Waals surface area contributed by atoms with Crippen LogP contribution in [0.15, 0.2) is 57.7 Å². The fourth-order valence-corrected chi connectivity index (χ4v) is 4.88. The predicted molar refractivity (Wildman–Crippen MR) is 125 cm³/mol. The average Bonchev–Trinajstić information content (AvgIpc) is 2.78. The minimum absolute atomic E-state index is 0.185. The highest BCUT2D eigenvalue weighted by atomic mass is 32.2. The Balaban J connectivity index is 1.58. The highest BCUT2D eigenvalue weighted by molar-refractivity contribution is 7.83. The van der Waals surface area contributed by atoms with Crippen LogP contribution in [0.5, 0.6) is 5.75 Å². The van der Waals surface area contributed by atoms with Gasteiger partial charge >= 0.3 is 5.63 Å². The summed E-state index contributed by atoms with van der Waals surface area (Å²) in [4.78, 5) is 26.7. The van der Waals surface area contributed by atoms with E-state index in [1.54, 1.807) is 24.0 Å². The number of amides is 1. The highest BCUT2D eigenvalue weighted by Gasteiger charge is 2.29. The van der Waals surface area contributed by atoms with Crippen LogP contribution in [-0.4, -0.2) is 39.5 Å². The number of hydrogen-bond donors (Lipinski definition) is 1. The summed E-state index contributed by atoms with van der Waals surface area (Å²) in [5.41, 5.74) is 2.74. The molecular formula is C24H26N2O5S. The Morgan fingerprint density at radius 2 is 2.00 bits per heavy atom. The fourth-order valence-electron chi connectivity index (χ4n) is 4.15. The van der Waals surface area contributed by atoms with Crippen molar-refractivity contribution >= 4 is 27.9 Å². The topological polar surface area (TPSA) is 103 Å². The molecule has 4 rings (SSSR count). The minimum atomic E-state index is -1.46. The van der Waals surface area contributed by atoms with E-state index in [-0.39, 0.29) is 11.2 Å². The van der Waals surface area contributed by atoms with Gasteiger partial charge in [0, 0.05) is 36.2 Å². The van der Waals surface area contributed by atoms with Gasteiger partial charge in [-0.25, -0.2) is 9.00 Å². The van der Waals surface area contributed by atoms with Gasteiger partial charge in [0.1, 0.15) is 11.3 Å². The number of benzene rings is 2. The van der Waals surface area contributed by atoms with E-state index in [1.165, 1.54) is 6.07 Å². The third-order valence-electron chi connectivity index (χ3n) is 5.83. The Labute approximate surface area is 188 Å². The van der Waals surface area contributed by atoms with Gasteiger partial charge in [0.05, 0.1) is 16.2 Å². The van der Waals surface area contributed by atoms with Gasteiger partial charge in [0.2, 0.25) is 0 Å². The molecule has 1 amide bonds. The molecule has 1 aromatic heterocycles. The molecule has 2 N–H and O–H groups in total. The number of ether oxygens (including phenoxy) is 1. The third kappa shape index (κ3) is 4.61. The summed E-state index contributed by atoms with van der Waals surface area (Å²) in [6.45, 7) is 4.62. The Morgan fingerprint density at radius 1 is 1.22 bits per heavy atom. The standard InChI is InChI=1S/C24H26N2O5S/c1-15-6-3-4-8-19(15)21-13-23(27)31-22-12-17(9-10-20(21)22)30-16(2)24(28)26-11-5-7-18(14-26)32(25)29/h3-4,6,8-10,12-13,16,18H,5,7,11,14,25H2,1-2H3. The van der Waals surface area contributed by atoms with Gasteiger partial charge in [-0.3, -0.25) is 9.93 Å². The number of nitrogens with zero attached hydrogens (tertiary/aromatic N) is 1. The monoisotopic (exact) mass is 454 g/mol. The number of hydrogen-bond acceptors (Lipinski definition) is 5. The van der Waals surface area contributed by atoms with Gasteiger partial charge in [-0.05, 0) is 49.9 Å². The lowest BCUT2D eigenvalue weighted by atomic mass is 9.98. The molecule has 1 saturated heterocycles. The smallest absolute Gasteiger partial charge is 0.336 e. The van der Waals surface area contributed by atoms with Crippen LogP contribution in [-0.2, 0) is 15.8 Å². The summed E-state index contributed by atoms with van der Waals surface area (Å²) < 4.78 is 22.9. The van der Waals surface area contributed by atoms with Crippen molar-refractivity contribution in [3.8, 4) is 16.9 Å². The molecule has 2 heterocycles. The molecule has 1 aliphatic heterocycles. The third-order valence-corrected chi connectivity index (χ3v) is 6.87. The fraction of sp³-hybridized carbons (Fsp3) is 0.333. The van der Waals surface area contributed by atoms with Crippen LogP contribution < -0.4 is 15.5 Å². The summed E-state index contributed by atoms with van der Waals surface area (Å²) in [5, 5.41) is 6.10. The zero-order valence-electron chi connectivity index (χ0n) is 18.1. The molecule has 7 nitrogen and oxygen atoms in total. The molecule has 0 radical (unpaired) electrons. The minimum Gasteiger partial charge on any atom is -0.481 e. The van der Waals surface area contributed by atoms with Crippen molar-refractivity contribution in [3.63, 3.8) is 0 Å². The lowest BCUT2D eigenvalue weighted by Gasteiger charge is -2.33. The van der Waals surface area contributed by atoms with E-state index < -0.39 is 22.7 Å². The second kappa shape index (κ2) is 9.26. The van der Waals surface area contributed by atoms with Crippen LogP contribution in [0.1, 0.15) is 25.3 Å². The SMILES string of the molecule is Cc1ccccc1-c1cc(=O)oc2cc(OC(C)C(=O)N3CCCC(S(N)=O)C3)ccc12. The largest absolute Gasteiger partial charge is 0.481 e. The van der Waals surface area contributed by atoms with Gasteiger partial charge in [-0.2, -0.15) is 0 Å². The molecule has 0 aliphatic carbocycles. The molecule has 3 aromatic rings. The first-order valence-electron chi connectivity index (χ1n) is 10.6. The first-order chi connectivity index (χ1) is 15.3. The summed E-state index contributed by atoms with van der Waals surface area (Å²) in [6, 6.07) is 14.6. The zero-order valence-corrected chi connectivity index (χ0v) is 18.9. The van der Waals surface area contributed by atoms with Gasteiger partial charge in [0.15, 0.2) is 6.10 Å². The van der Waals surface area contributed by atoms with E-state index in [1.807, 2.05) is 37.3 Å². The number of fused-ring (bicyclic) bond motifs is 1. The van der Waals surface area contributed by atoms with E-state index in [9.17, 15) is 13.8 Å².